The highest BCUT2D eigenvalue weighted by atomic mass is 79.9. The number of hydrogen-bond acceptors (Lipinski definition) is 1. The minimum atomic E-state index is 0.504. The van der Waals surface area contributed by atoms with Gasteiger partial charge in [-0.05, 0) is 54.7 Å². The summed E-state index contributed by atoms with van der Waals surface area (Å²) in [7, 11) is 0. The number of benzene rings is 1. The van der Waals surface area contributed by atoms with Gasteiger partial charge in [-0.2, -0.15) is 0 Å². The first-order chi connectivity index (χ1) is 9.92. The zero-order chi connectivity index (χ0) is 15.5. The molecule has 0 saturated heterocycles. The molecule has 0 spiro atoms. The predicted octanol–water partition coefficient (Wildman–Crippen LogP) is 6.19. The minimum absolute atomic E-state index is 0.504. The number of hydrogen-bond donors (Lipinski definition) is 1. The molecule has 1 aromatic carbocycles. The van der Waals surface area contributed by atoms with E-state index in [9.17, 15) is 0 Å². The SMILES string of the molecule is CCC(C)(C)C1CCC(NCc2ccc(Cl)cc2Br)CC1. The highest BCUT2D eigenvalue weighted by Gasteiger charge is 2.31. The second-order valence-corrected chi connectivity index (χ2v) is 8.30. The van der Waals surface area contributed by atoms with Gasteiger partial charge in [-0.15, -0.1) is 0 Å². The molecule has 1 nitrogen and oxygen atoms in total. The molecule has 0 aliphatic heterocycles. The monoisotopic (exact) mass is 371 g/mol. The average molecular weight is 373 g/mol. The van der Waals surface area contributed by atoms with Crippen molar-refractivity contribution in [1.82, 2.24) is 5.32 Å². The van der Waals surface area contributed by atoms with E-state index in [1.165, 1.54) is 37.7 Å². The molecule has 0 heterocycles. The van der Waals surface area contributed by atoms with Crippen LogP contribution >= 0.6 is 27.5 Å². The van der Waals surface area contributed by atoms with Crippen molar-refractivity contribution in [1.29, 1.82) is 0 Å². The molecule has 21 heavy (non-hydrogen) atoms. The lowest BCUT2D eigenvalue weighted by atomic mass is 9.69. The summed E-state index contributed by atoms with van der Waals surface area (Å²) in [6.07, 6.45) is 6.62. The van der Waals surface area contributed by atoms with Crippen LogP contribution in [-0.2, 0) is 6.54 Å². The molecule has 0 bridgehead atoms. The van der Waals surface area contributed by atoms with Crippen molar-refractivity contribution >= 4 is 27.5 Å². The fourth-order valence-corrected chi connectivity index (χ4v) is 4.11. The highest BCUT2D eigenvalue weighted by Crippen LogP contribution is 2.40. The van der Waals surface area contributed by atoms with Crippen LogP contribution in [0.25, 0.3) is 0 Å². The van der Waals surface area contributed by atoms with Gasteiger partial charge in [0.2, 0.25) is 0 Å². The summed E-state index contributed by atoms with van der Waals surface area (Å²) in [6, 6.07) is 6.70. The summed E-state index contributed by atoms with van der Waals surface area (Å²) in [6.45, 7) is 8.10. The molecule has 0 amide bonds. The topological polar surface area (TPSA) is 12.0 Å². The van der Waals surface area contributed by atoms with Crippen molar-refractivity contribution in [3.8, 4) is 0 Å². The lowest BCUT2D eigenvalue weighted by Gasteiger charge is -2.39. The molecular weight excluding hydrogens is 346 g/mol. The Morgan fingerprint density at radius 1 is 1.24 bits per heavy atom. The van der Waals surface area contributed by atoms with Crippen LogP contribution in [0.15, 0.2) is 22.7 Å². The molecular formula is C18H27BrClN. The van der Waals surface area contributed by atoms with Crippen molar-refractivity contribution in [2.45, 2.75) is 65.5 Å². The van der Waals surface area contributed by atoms with Crippen LogP contribution in [-0.4, -0.2) is 6.04 Å². The van der Waals surface area contributed by atoms with E-state index in [1.54, 1.807) is 0 Å². The molecule has 1 N–H and O–H groups in total. The van der Waals surface area contributed by atoms with Crippen molar-refractivity contribution in [3.05, 3.63) is 33.3 Å². The minimum Gasteiger partial charge on any atom is -0.310 e. The Kier molecular flexibility index (Phi) is 6.16. The summed E-state index contributed by atoms with van der Waals surface area (Å²) < 4.78 is 1.10. The third-order valence-corrected chi connectivity index (χ3v) is 6.31. The predicted molar refractivity (Wildman–Crippen MR) is 95.8 cm³/mol. The fraction of sp³-hybridized carbons (Fsp3) is 0.667. The first-order valence-electron chi connectivity index (χ1n) is 8.09. The standard InChI is InChI=1S/C18H27BrClN/c1-4-18(2,3)14-6-9-16(10-7-14)21-12-13-5-8-15(20)11-17(13)19/h5,8,11,14,16,21H,4,6-7,9-10,12H2,1-3H3. The van der Waals surface area contributed by atoms with E-state index in [4.69, 9.17) is 11.6 Å². The van der Waals surface area contributed by atoms with E-state index < -0.39 is 0 Å². The van der Waals surface area contributed by atoms with E-state index >= 15 is 0 Å². The van der Waals surface area contributed by atoms with Gasteiger partial charge >= 0.3 is 0 Å². The van der Waals surface area contributed by atoms with E-state index in [0.29, 0.717) is 11.5 Å². The smallest absolute Gasteiger partial charge is 0.0417 e. The van der Waals surface area contributed by atoms with Gasteiger partial charge < -0.3 is 5.32 Å². The molecule has 0 unspecified atom stereocenters. The van der Waals surface area contributed by atoms with E-state index in [2.05, 4.69) is 48.1 Å². The fourth-order valence-electron chi connectivity index (χ4n) is 3.29. The molecule has 2 rings (SSSR count). The summed E-state index contributed by atoms with van der Waals surface area (Å²) in [5.41, 5.74) is 1.79. The number of halogens is 2. The van der Waals surface area contributed by atoms with Gasteiger partial charge in [0.05, 0.1) is 0 Å². The lowest BCUT2D eigenvalue weighted by Crippen LogP contribution is -2.36. The van der Waals surface area contributed by atoms with Crippen molar-refractivity contribution < 1.29 is 0 Å². The Hall–Kier alpha value is -0.0500. The van der Waals surface area contributed by atoms with Crippen LogP contribution in [0.4, 0.5) is 0 Å². The molecule has 0 radical (unpaired) electrons. The van der Waals surface area contributed by atoms with Crippen LogP contribution < -0.4 is 5.32 Å². The molecule has 1 fully saturated rings. The van der Waals surface area contributed by atoms with Crippen LogP contribution in [0.5, 0.6) is 0 Å². The van der Waals surface area contributed by atoms with E-state index in [0.717, 1.165) is 22.0 Å². The van der Waals surface area contributed by atoms with E-state index in [1.807, 2.05) is 12.1 Å². The van der Waals surface area contributed by atoms with Crippen LogP contribution in [0.1, 0.15) is 58.4 Å². The summed E-state index contributed by atoms with van der Waals surface area (Å²) in [5.74, 6) is 0.891. The Bertz CT molecular complexity index is 464. The zero-order valence-corrected chi connectivity index (χ0v) is 15.7. The van der Waals surface area contributed by atoms with Crippen molar-refractivity contribution in [3.63, 3.8) is 0 Å². The van der Waals surface area contributed by atoms with Crippen LogP contribution in [0, 0.1) is 11.3 Å². The number of nitrogens with one attached hydrogen (secondary N) is 1. The lowest BCUT2D eigenvalue weighted by molar-refractivity contribution is 0.137. The third kappa shape index (κ3) is 4.71. The molecule has 3 heteroatoms. The maximum atomic E-state index is 5.99. The van der Waals surface area contributed by atoms with Gasteiger partial charge in [-0.25, -0.2) is 0 Å². The quantitative estimate of drug-likeness (QED) is 0.650. The van der Waals surface area contributed by atoms with Crippen molar-refractivity contribution in [2.75, 3.05) is 0 Å². The molecule has 1 aromatic rings. The second kappa shape index (κ2) is 7.48. The Morgan fingerprint density at radius 3 is 2.48 bits per heavy atom. The first kappa shape index (κ1) is 17.3. The maximum absolute atomic E-state index is 5.99. The third-order valence-electron chi connectivity index (χ3n) is 5.34. The first-order valence-corrected chi connectivity index (χ1v) is 9.27. The van der Waals surface area contributed by atoms with Gasteiger partial charge in [-0.1, -0.05) is 60.8 Å². The number of rotatable bonds is 5. The summed E-state index contributed by atoms with van der Waals surface area (Å²) >= 11 is 9.58. The molecule has 1 saturated carbocycles. The zero-order valence-electron chi connectivity index (χ0n) is 13.4. The maximum Gasteiger partial charge on any atom is 0.0417 e. The van der Waals surface area contributed by atoms with Gasteiger partial charge in [0.15, 0.2) is 0 Å². The Labute approximate surface area is 143 Å². The van der Waals surface area contributed by atoms with Crippen LogP contribution in [0.2, 0.25) is 5.02 Å². The van der Waals surface area contributed by atoms with Crippen molar-refractivity contribution in [2.24, 2.45) is 11.3 Å². The molecule has 0 atom stereocenters. The molecule has 0 aromatic heterocycles. The van der Waals surface area contributed by atoms with Crippen LogP contribution in [0.3, 0.4) is 0 Å². The van der Waals surface area contributed by atoms with E-state index in [-0.39, 0.29) is 0 Å². The summed E-state index contributed by atoms with van der Waals surface area (Å²) in [5, 5.41) is 4.50. The molecule has 1 aliphatic carbocycles. The molecule has 1 aliphatic rings. The Morgan fingerprint density at radius 2 is 1.90 bits per heavy atom. The second-order valence-electron chi connectivity index (χ2n) is 7.01. The van der Waals surface area contributed by atoms with Gasteiger partial charge in [-0.3, -0.25) is 0 Å². The normalized spacial score (nSPS) is 23.3. The molecule has 118 valence electrons. The highest BCUT2D eigenvalue weighted by molar-refractivity contribution is 9.10. The Balaban J connectivity index is 1.81. The average Bonchev–Trinajstić information content (AvgIpc) is 2.47. The largest absolute Gasteiger partial charge is 0.310 e. The van der Waals surface area contributed by atoms with Gasteiger partial charge in [0, 0.05) is 22.1 Å². The van der Waals surface area contributed by atoms with Gasteiger partial charge in [0.25, 0.3) is 0 Å². The summed E-state index contributed by atoms with van der Waals surface area (Å²) in [4.78, 5) is 0. The van der Waals surface area contributed by atoms with Gasteiger partial charge in [0.1, 0.15) is 0 Å².